The van der Waals surface area contributed by atoms with Gasteiger partial charge in [0.25, 0.3) is 0 Å². The summed E-state index contributed by atoms with van der Waals surface area (Å²) in [6, 6.07) is 9.51. The van der Waals surface area contributed by atoms with Crippen LogP contribution < -0.4 is 69.3 Å². The Bertz CT molecular complexity index is 1710. The average molecular weight is 643 g/mol. The molecule has 0 atom stereocenters. The quantitative estimate of drug-likeness (QED) is 0.0650. The molecule has 4 rings (SSSR count). The molecule has 0 N–H and O–H groups in total. The fourth-order valence-electron chi connectivity index (χ4n) is 4.36. The average Bonchev–Trinajstić information content (AvgIpc) is 3.47. The molecule has 0 unspecified atom stereocenters. The van der Waals surface area contributed by atoms with E-state index in [1.807, 2.05) is 45.9 Å². The first-order valence-electron chi connectivity index (χ1n) is 12.6. The van der Waals surface area contributed by atoms with E-state index in [0.29, 0.717) is 23.6 Å². The van der Waals surface area contributed by atoms with Gasteiger partial charge in [-0.25, -0.2) is 27.9 Å². The zero-order valence-electron chi connectivity index (χ0n) is 25.3. The Hall–Kier alpha value is -1.58. The summed E-state index contributed by atoms with van der Waals surface area (Å²) in [5.41, 5.74) is 2.55. The smallest absolute Gasteiger partial charge is 0.744 e. The number of hydrogen-bond acceptors (Lipinski definition) is 11. The van der Waals surface area contributed by atoms with E-state index in [2.05, 4.69) is 38.1 Å². The van der Waals surface area contributed by atoms with Crippen molar-refractivity contribution in [3.63, 3.8) is 0 Å². The van der Waals surface area contributed by atoms with Crippen molar-refractivity contribution in [1.29, 1.82) is 0 Å². The summed E-state index contributed by atoms with van der Waals surface area (Å²) in [5.74, 6) is 0.936. The van der Waals surface area contributed by atoms with E-state index in [1.165, 1.54) is 10.7 Å². The first kappa shape index (κ1) is 37.6. The van der Waals surface area contributed by atoms with E-state index < -0.39 is 20.4 Å². The molecule has 0 saturated heterocycles. The molecule has 3 aromatic rings. The van der Waals surface area contributed by atoms with Crippen molar-refractivity contribution in [2.24, 2.45) is 4.99 Å². The van der Waals surface area contributed by atoms with E-state index in [-0.39, 0.29) is 92.5 Å². The number of aliphatic imine (C=N–C) groups is 1. The molecule has 2 heterocycles. The van der Waals surface area contributed by atoms with Gasteiger partial charge in [-0.3, -0.25) is 5.04 Å². The maximum atomic E-state index is 12.0. The minimum atomic E-state index is -4.92. The van der Waals surface area contributed by atoms with Gasteiger partial charge in [0.1, 0.15) is 10.1 Å². The van der Waals surface area contributed by atoms with E-state index >= 15 is 0 Å². The molecule has 1 aliphatic heterocycles. The van der Waals surface area contributed by atoms with Crippen molar-refractivity contribution < 1.29 is 86.7 Å². The molecule has 2 aromatic carbocycles. The normalized spacial score (nSPS) is 13.8. The minimum Gasteiger partial charge on any atom is -0.744 e. The first-order chi connectivity index (χ1) is 19.3. The largest absolute Gasteiger partial charge is 1.00 e. The Morgan fingerprint density at radius 3 is 2.35 bits per heavy atom. The molecule has 0 spiro atoms. The summed E-state index contributed by atoms with van der Waals surface area (Å²) < 4.78 is 41.8. The second-order valence-electron chi connectivity index (χ2n) is 10.2. The van der Waals surface area contributed by atoms with Gasteiger partial charge in [0.05, 0.1) is 29.2 Å². The summed E-state index contributed by atoms with van der Waals surface area (Å²) in [4.78, 5) is 15.0. The third kappa shape index (κ3) is 8.18. The molecule has 43 heavy (non-hydrogen) atoms. The van der Waals surface area contributed by atoms with E-state index in [9.17, 15) is 18.2 Å². The van der Waals surface area contributed by atoms with Crippen molar-refractivity contribution in [2.75, 3.05) is 18.0 Å². The minimum absolute atomic E-state index is 0. The summed E-state index contributed by atoms with van der Waals surface area (Å²) in [6.07, 6.45) is 0. The molecule has 0 saturated carbocycles. The van der Waals surface area contributed by atoms with Crippen LogP contribution in [0.1, 0.15) is 57.4 Å². The third-order valence-corrected chi connectivity index (χ3v) is 7.78. The number of aryl methyl sites for hydroxylation is 1. The summed E-state index contributed by atoms with van der Waals surface area (Å²) in [5, 5.41) is 18.5. The molecule has 0 aliphatic carbocycles. The van der Waals surface area contributed by atoms with Crippen LogP contribution in [0.25, 0.3) is 10.4 Å². The molecule has 0 bridgehead atoms. The molecule has 1 aromatic heterocycles. The number of hydrogen-bond donors (Lipinski definition) is 0. The molecule has 12 nitrogen and oxygen atoms in total. The van der Waals surface area contributed by atoms with E-state index in [4.69, 9.17) is 16.5 Å². The van der Waals surface area contributed by atoms with Crippen LogP contribution in [0, 0.1) is 13.5 Å². The molecule has 0 fully saturated rings. The van der Waals surface area contributed by atoms with Crippen molar-refractivity contribution in [2.45, 2.75) is 56.7 Å². The van der Waals surface area contributed by atoms with Crippen LogP contribution in [0.2, 0.25) is 0 Å². The number of rotatable bonds is 9. The molecule has 0 radical (unpaired) electrons. The topological polar surface area (TPSA) is 149 Å². The number of benzene rings is 2. The number of nitrogens with zero attached hydrogens (tertiary/aromatic N) is 6. The van der Waals surface area contributed by atoms with Gasteiger partial charge in [-0.2, -0.15) is 4.33 Å². The van der Waals surface area contributed by atoms with Crippen molar-refractivity contribution in [3.8, 4) is 0 Å². The zero-order chi connectivity index (χ0) is 30.1. The molecular formula is C27H28N6Na2O6S2. The monoisotopic (exact) mass is 642 g/mol. The van der Waals surface area contributed by atoms with E-state index in [1.54, 1.807) is 0 Å². The number of fused-ring (bicyclic) bond motifs is 1. The Morgan fingerprint density at radius 2 is 1.81 bits per heavy atom. The second kappa shape index (κ2) is 15.1. The standard InChI is InChI=1S/C27H30N6O6S2.2Na/c1-8-32(9-2)18-10-11-21(16(3)12-18)29-25-23(28-7)22(24-30-26(27(4,5)6)31-33(24)25)17-13-19(40-39-38-34)15-20(14-17)41(35,36)37;;/h10-15,34H,8-9H2,1-6H3,(H,35,36,37);;/q;2*+1/p-2. The number of anilines is 1. The molecular weight excluding hydrogens is 614 g/mol. The van der Waals surface area contributed by atoms with E-state index in [0.717, 1.165) is 36.5 Å². The molecule has 1 aliphatic rings. The van der Waals surface area contributed by atoms with Gasteiger partial charge in [0.15, 0.2) is 17.5 Å². The summed E-state index contributed by atoms with van der Waals surface area (Å²) in [7, 11) is -4.92. The van der Waals surface area contributed by atoms with Crippen molar-refractivity contribution >= 4 is 44.9 Å². The van der Waals surface area contributed by atoms with Gasteiger partial charge in [0.2, 0.25) is 5.70 Å². The Kier molecular flexibility index (Phi) is 13.2. The van der Waals surface area contributed by atoms with Crippen molar-refractivity contribution in [3.05, 3.63) is 76.3 Å². The van der Waals surface area contributed by atoms with Crippen LogP contribution in [0.3, 0.4) is 0 Å². The van der Waals surface area contributed by atoms with Gasteiger partial charge < -0.3 is 14.7 Å². The fraction of sp³-hybridized carbons (Fsp3) is 0.333. The molecule has 0 amide bonds. The van der Waals surface area contributed by atoms with Gasteiger partial charge in [-0.15, -0.1) is 5.10 Å². The van der Waals surface area contributed by atoms with Crippen LogP contribution in [0.5, 0.6) is 0 Å². The predicted molar refractivity (Wildman–Crippen MR) is 151 cm³/mol. The van der Waals surface area contributed by atoms with Gasteiger partial charge in [0, 0.05) is 34.7 Å². The maximum absolute atomic E-state index is 12.0. The van der Waals surface area contributed by atoms with Crippen LogP contribution in [0.15, 0.2) is 56.9 Å². The number of allylic oxidation sites excluding steroid dienone is 1. The SMILES string of the molecule is [C-]#[N+]C1=C(c2cc(SOO[O-])cc(S(=O)(=O)[O-])c2)c2nc(C(C)(C)C)nn2C1=Nc1ccc(N(CC)CC)cc1C.[Na+].[Na+]. The number of aromatic nitrogens is 3. The third-order valence-electron chi connectivity index (χ3n) is 6.41. The summed E-state index contributed by atoms with van der Waals surface area (Å²) in [6.45, 7) is 21.6. The van der Waals surface area contributed by atoms with Gasteiger partial charge in [-0.1, -0.05) is 20.8 Å². The molecule has 216 valence electrons. The van der Waals surface area contributed by atoms with Crippen LogP contribution in [-0.2, 0) is 24.9 Å². The van der Waals surface area contributed by atoms with Crippen LogP contribution in [-0.4, -0.2) is 46.7 Å². The van der Waals surface area contributed by atoms with Gasteiger partial charge >= 0.3 is 59.1 Å². The van der Waals surface area contributed by atoms with Gasteiger partial charge in [-0.05, 0) is 68.3 Å². The van der Waals surface area contributed by atoms with Crippen LogP contribution >= 0.6 is 12.0 Å². The fourth-order valence-corrected chi connectivity index (χ4v) is 5.43. The Morgan fingerprint density at radius 1 is 1.14 bits per heavy atom. The Labute approximate surface area is 299 Å². The zero-order valence-corrected chi connectivity index (χ0v) is 31.0. The Balaban J connectivity index is 0.00000323. The predicted octanol–water partition coefficient (Wildman–Crippen LogP) is -1.86. The summed E-state index contributed by atoms with van der Waals surface area (Å²) >= 11 is 0.421. The molecule has 16 heteroatoms. The van der Waals surface area contributed by atoms with Crippen LogP contribution in [0.4, 0.5) is 11.4 Å². The maximum Gasteiger partial charge on any atom is 1.00 e. The first-order valence-corrected chi connectivity index (χ1v) is 14.8. The second-order valence-corrected chi connectivity index (χ2v) is 12.4. The van der Waals surface area contributed by atoms with Crippen molar-refractivity contribution in [1.82, 2.24) is 14.8 Å².